The molecule has 2 N–H and O–H groups in total. The fourth-order valence-electron chi connectivity index (χ4n) is 3.20. The van der Waals surface area contributed by atoms with Gasteiger partial charge in [0.05, 0.1) is 5.56 Å². The first-order chi connectivity index (χ1) is 13.2. The van der Waals surface area contributed by atoms with Crippen LogP contribution >= 0.6 is 0 Å². The summed E-state index contributed by atoms with van der Waals surface area (Å²) in [6.07, 6.45) is 3.41. The number of pyridine rings is 1. The highest BCUT2D eigenvalue weighted by Gasteiger charge is 2.36. The Morgan fingerprint density at radius 3 is 2.68 bits per heavy atom. The van der Waals surface area contributed by atoms with E-state index in [0.29, 0.717) is 24.0 Å². The number of carbonyl (C=O) groups excluding carboxylic acids is 2. The second kappa shape index (κ2) is 7.77. The average Bonchev–Trinajstić information content (AvgIpc) is 3.45. The van der Waals surface area contributed by atoms with Gasteiger partial charge in [-0.1, -0.05) is 20.8 Å². The van der Waals surface area contributed by atoms with Gasteiger partial charge in [-0.2, -0.15) is 0 Å². The molecule has 1 aromatic heterocycles. The minimum Gasteiger partial charge on any atom is -0.473 e. The zero-order valence-corrected chi connectivity index (χ0v) is 16.5. The van der Waals surface area contributed by atoms with Crippen LogP contribution in [0.1, 0.15) is 49.5 Å². The Balaban J connectivity index is 1.72. The third-order valence-electron chi connectivity index (χ3n) is 4.82. The van der Waals surface area contributed by atoms with Crippen molar-refractivity contribution in [3.63, 3.8) is 0 Å². The van der Waals surface area contributed by atoms with Gasteiger partial charge >= 0.3 is 6.09 Å². The number of primary amides is 1. The molecule has 0 aromatic carbocycles. The van der Waals surface area contributed by atoms with Crippen molar-refractivity contribution in [2.75, 3.05) is 19.8 Å². The smallest absolute Gasteiger partial charge is 0.404 e. The number of rotatable bonds is 6. The Hall–Kier alpha value is -2.64. The molecule has 1 saturated carbocycles. The van der Waals surface area contributed by atoms with E-state index in [4.69, 9.17) is 15.2 Å². The molecule has 0 unspecified atom stereocenters. The van der Waals surface area contributed by atoms with Crippen molar-refractivity contribution < 1.29 is 23.5 Å². The van der Waals surface area contributed by atoms with Gasteiger partial charge in [-0.25, -0.2) is 14.2 Å². The first kappa shape index (κ1) is 20.1. The molecular weight excluding hydrogens is 365 g/mol. The van der Waals surface area contributed by atoms with Gasteiger partial charge in [0, 0.05) is 35.8 Å². The van der Waals surface area contributed by atoms with Gasteiger partial charge in [-0.15, -0.1) is 0 Å². The molecule has 28 heavy (non-hydrogen) atoms. The Kier molecular flexibility index (Phi) is 5.58. The summed E-state index contributed by atoms with van der Waals surface area (Å²) in [5.74, 6) is -0.122. The summed E-state index contributed by atoms with van der Waals surface area (Å²) in [7, 11) is 0. The number of nitrogens with two attached hydrogens (primary N) is 1. The van der Waals surface area contributed by atoms with Crippen LogP contribution in [0.15, 0.2) is 23.7 Å². The Labute approximate surface area is 163 Å². The molecule has 3 rings (SSSR count). The zero-order valence-electron chi connectivity index (χ0n) is 16.5. The monoisotopic (exact) mass is 391 g/mol. The normalized spacial score (nSPS) is 17.7. The third-order valence-corrected chi connectivity index (χ3v) is 4.82. The van der Waals surface area contributed by atoms with Gasteiger partial charge in [0.25, 0.3) is 5.91 Å². The lowest BCUT2D eigenvalue weighted by Gasteiger charge is -2.28. The van der Waals surface area contributed by atoms with E-state index in [-0.39, 0.29) is 24.7 Å². The van der Waals surface area contributed by atoms with E-state index >= 15 is 0 Å². The highest BCUT2D eigenvalue weighted by atomic mass is 19.1. The van der Waals surface area contributed by atoms with Crippen molar-refractivity contribution in [3.05, 3.63) is 34.8 Å². The molecular formula is C20H26FN3O4. The van der Waals surface area contributed by atoms with Crippen LogP contribution in [-0.4, -0.2) is 47.7 Å². The molecule has 0 atom stereocenters. The number of amides is 2. The minimum atomic E-state index is -0.982. The topological polar surface area (TPSA) is 94.7 Å². The molecule has 1 aliphatic heterocycles. The van der Waals surface area contributed by atoms with E-state index in [0.717, 1.165) is 24.8 Å². The zero-order chi connectivity index (χ0) is 20.5. The van der Waals surface area contributed by atoms with Gasteiger partial charge < -0.3 is 20.1 Å². The fraction of sp³-hybridized carbons (Fsp3) is 0.550. The highest BCUT2D eigenvalue weighted by molar-refractivity contribution is 5.96. The highest BCUT2D eigenvalue weighted by Crippen LogP contribution is 2.33. The van der Waals surface area contributed by atoms with Gasteiger partial charge in [-0.05, 0) is 24.8 Å². The molecule has 1 aliphatic carbocycles. The Bertz CT molecular complexity index is 812. The number of halogens is 1. The molecule has 0 spiro atoms. The summed E-state index contributed by atoms with van der Waals surface area (Å²) in [6.45, 7) is 5.39. The third kappa shape index (κ3) is 4.61. The lowest BCUT2D eigenvalue weighted by Crippen LogP contribution is -2.39. The summed E-state index contributed by atoms with van der Waals surface area (Å²) in [5, 5.41) is 0. The first-order valence-electron chi connectivity index (χ1n) is 9.39. The minimum absolute atomic E-state index is 0.0111. The Morgan fingerprint density at radius 1 is 1.36 bits per heavy atom. The van der Waals surface area contributed by atoms with Gasteiger partial charge in [-0.3, -0.25) is 4.79 Å². The molecule has 152 valence electrons. The fourth-order valence-corrected chi connectivity index (χ4v) is 3.20. The maximum absolute atomic E-state index is 14.7. The summed E-state index contributed by atoms with van der Waals surface area (Å²) < 4.78 is 25.1. The number of hydrogen-bond donors (Lipinski definition) is 1. The number of aromatic nitrogens is 1. The van der Waals surface area contributed by atoms with Crippen LogP contribution in [0.3, 0.4) is 0 Å². The number of ether oxygens (including phenoxy) is 2. The van der Waals surface area contributed by atoms with Crippen molar-refractivity contribution in [1.82, 2.24) is 9.88 Å². The maximum atomic E-state index is 14.7. The van der Waals surface area contributed by atoms with Crippen molar-refractivity contribution in [3.8, 4) is 5.88 Å². The van der Waals surface area contributed by atoms with E-state index in [9.17, 15) is 14.0 Å². The van der Waals surface area contributed by atoms with Crippen molar-refractivity contribution in [2.45, 2.75) is 46.1 Å². The number of hydrogen-bond acceptors (Lipinski definition) is 5. The average molecular weight is 391 g/mol. The number of carbonyl (C=O) groups is 2. The Morgan fingerprint density at radius 2 is 2.07 bits per heavy atom. The molecule has 2 heterocycles. The molecule has 0 radical (unpaired) electrons. The first-order valence-corrected chi connectivity index (χ1v) is 9.39. The lowest BCUT2D eigenvalue weighted by molar-refractivity contribution is 0.0726. The van der Waals surface area contributed by atoms with Crippen LogP contribution < -0.4 is 10.5 Å². The predicted molar refractivity (Wildman–Crippen MR) is 101 cm³/mol. The van der Waals surface area contributed by atoms with Crippen molar-refractivity contribution in [2.24, 2.45) is 11.1 Å². The van der Waals surface area contributed by atoms with Crippen LogP contribution in [0.4, 0.5) is 9.18 Å². The molecule has 1 aromatic rings. The van der Waals surface area contributed by atoms with Gasteiger partial charge in [0.2, 0.25) is 5.88 Å². The van der Waals surface area contributed by atoms with Crippen LogP contribution in [0.2, 0.25) is 0 Å². The molecule has 2 aliphatic rings. The van der Waals surface area contributed by atoms with E-state index in [2.05, 4.69) is 4.98 Å². The summed E-state index contributed by atoms with van der Waals surface area (Å²) in [6, 6.07) is 2.09. The number of nitrogens with zero attached hydrogens (tertiary/aromatic N) is 2. The molecule has 0 bridgehead atoms. The van der Waals surface area contributed by atoms with Gasteiger partial charge in [0.1, 0.15) is 19.0 Å². The largest absolute Gasteiger partial charge is 0.473 e. The van der Waals surface area contributed by atoms with E-state index in [1.54, 1.807) is 26.8 Å². The quantitative estimate of drug-likeness (QED) is 0.804. The number of fused-ring (bicyclic) bond motifs is 1. The molecule has 0 saturated heterocycles. The SMILES string of the molecule is CC(C)(C)C(F)=C(COC(N)=O)COc1cc2c(cn1)C(=O)N(C1CC1)CC2. The number of allylic oxidation sites excluding steroid dienone is 1. The van der Waals surface area contributed by atoms with Crippen molar-refractivity contribution in [1.29, 1.82) is 0 Å². The van der Waals surface area contributed by atoms with E-state index in [1.807, 2.05) is 4.90 Å². The standard InChI is InChI=1S/C20H26FN3O4/c1-20(2,3)17(21)13(11-28-19(22)26)10-27-16-8-12-6-7-24(14-4-5-14)18(25)15(12)9-23-16/h8-9,14H,4-7,10-11H2,1-3H3,(H2,22,26). The van der Waals surface area contributed by atoms with E-state index in [1.165, 1.54) is 6.20 Å². The van der Waals surface area contributed by atoms with Gasteiger partial charge in [0.15, 0.2) is 0 Å². The molecule has 2 amide bonds. The lowest BCUT2D eigenvalue weighted by atomic mass is 9.92. The molecule has 1 fully saturated rings. The predicted octanol–water partition coefficient (Wildman–Crippen LogP) is 2.99. The van der Waals surface area contributed by atoms with Crippen LogP contribution in [-0.2, 0) is 11.2 Å². The molecule has 8 heteroatoms. The molecule has 7 nitrogen and oxygen atoms in total. The second-order valence-corrected chi connectivity index (χ2v) is 8.22. The van der Waals surface area contributed by atoms with Crippen LogP contribution in [0.25, 0.3) is 0 Å². The summed E-state index contributed by atoms with van der Waals surface area (Å²) in [5.41, 5.74) is 5.88. The van der Waals surface area contributed by atoms with E-state index < -0.39 is 17.3 Å². The second-order valence-electron chi connectivity index (χ2n) is 8.22. The van der Waals surface area contributed by atoms with Crippen LogP contribution in [0.5, 0.6) is 5.88 Å². The maximum Gasteiger partial charge on any atom is 0.404 e. The van der Waals surface area contributed by atoms with Crippen LogP contribution in [0, 0.1) is 5.41 Å². The van der Waals surface area contributed by atoms with Crippen molar-refractivity contribution >= 4 is 12.0 Å². The summed E-state index contributed by atoms with van der Waals surface area (Å²) >= 11 is 0. The summed E-state index contributed by atoms with van der Waals surface area (Å²) in [4.78, 5) is 29.5.